The van der Waals surface area contributed by atoms with Crippen LogP contribution in [0.2, 0.25) is 10.0 Å². The largest absolute Gasteiger partial charge is 0.368 e. The lowest BCUT2D eigenvalue weighted by Gasteiger charge is -2.07. The monoisotopic (exact) mass is 391 g/mol. The summed E-state index contributed by atoms with van der Waals surface area (Å²) < 4.78 is 4.89. The summed E-state index contributed by atoms with van der Waals surface area (Å²) in [6.07, 6.45) is 0.700. The zero-order valence-corrected chi connectivity index (χ0v) is 15.3. The topological polar surface area (TPSA) is 92.9 Å². The zero-order valence-electron chi connectivity index (χ0n) is 13.8. The van der Waals surface area contributed by atoms with Crippen LogP contribution in [0.4, 0.5) is 11.6 Å². The Labute approximate surface area is 159 Å². The predicted molar refractivity (Wildman–Crippen MR) is 99.9 cm³/mol. The number of halogens is 2. The first-order chi connectivity index (χ1) is 12.5. The van der Waals surface area contributed by atoms with Gasteiger partial charge in [0, 0.05) is 22.7 Å². The third-order valence-electron chi connectivity index (χ3n) is 3.48. The van der Waals surface area contributed by atoms with Crippen LogP contribution in [0.3, 0.4) is 0 Å². The van der Waals surface area contributed by atoms with E-state index in [1.165, 1.54) is 0 Å². The minimum absolute atomic E-state index is 0.178. The van der Waals surface area contributed by atoms with Crippen molar-refractivity contribution in [3.63, 3.8) is 0 Å². The van der Waals surface area contributed by atoms with Gasteiger partial charge in [0.15, 0.2) is 11.5 Å². The van der Waals surface area contributed by atoms with Gasteiger partial charge in [0.2, 0.25) is 0 Å². The highest BCUT2D eigenvalue weighted by Gasteiger charge is 2.11. The number of carbonyl (C=O) groups is 1. The Bertz CT molecular complexity index is 912. The van der Waals surface area contributed by atoms with Crippen LogP contribution in [-0.4, -0.2) is 27.8 Å². The number of rotatable bonds is 6. The van der Waals surface area contributed by atoms with Gasteiger partial charge in [-0.05, 0) is 43.2 Å². The molecule has 134 valence electrons. The lowest BCUT2D eigenvalue weighted by atomic mass is 10.1. The molecule has 0 aliphatic rings. The molecule has 0 aliphatic carbocycles. The summed E-state index contributed by atoms with van der Waals surface area (Å²) in [6, 6.07) is 10.3. The van der Waals surface area contributed by atoms with Crippen LogP contribution in [0.1, 0.15) is 21.8 Å². The van der Waals surface area contributed by atoms with Crippen LogP contribution in [0.15, 0.2) is 40.9 Å². The summed E-state index contributed by atoms with van der Waals surface area (Å²) in [4.78, 5) is 12.1. The van der Waals surface area contributed by atoms with Crippen molar-refractivity contribution < 1.29 is 9.32 Å². The van der Waals surface area contributed by atoms with Crippen molar-refractivity contribution in [2.75, 3.05) is 17.2 Å². The van der Waals surface area contributed by atoms with Crippen LogP contribution in [-0.2, 0) is 6.42 Å². The highest BCUT2D eigenvalue weighted by Crippen LogP contribution is 2.21. The van der Waals surface area contributed by atoms with Crippen molar-refractivity contribution in [3.8, 4) is 0 Å². The van der Waals surface area contributed by atoms with E-state index in [0.717, 1.165) is 5.56 Å². The molecule has 0 aliphatic heterocycles. The molecule has 0 fully saturated rings. The molecule has 2 aromatic heterocycles. The Morgan fingerprint density at radius 3 is 2.62 bits per heavy atom. The van der Waals surface area contributed by atoms with Gasteiger partial charge in [-0.1, -0.05) is 34.4 Å². The molecule has 0 saturated heterocycles. The first-order valence-corrected chi connectivity index (χ1v) is 8.53. The molecular formula is C17H15Cl2N5O2. The quantitative estimate of drug-likeness (QED) is 0.659. The minimum Gasteiger partial charge on any atom is -0.368 e. The van der Waals surface area contributed by atoms with Crippen LogP contribution in [0.25, 0.3) is 0 Å². The Morgan fingerprint density at radius 1 is 1.12 bits per heavy atom. The Kier molecular flexibility index (Phi) is 5.70. The number of anilines is 2. The van der Waals surface area contributed by atoms with E-state index in [4.69, 9.17) is 27.7 Å². The Hall–Kier alpha value is -2.64. The van der Waals surface area contributed by atoms with Crippen molar-refractivity contribution in [1.29, 1.82) is 0 Å². The van der Waals surface area contributed by atoms with Gasteiger partial charge in [-0.25, -0.2) is 0 Å². The van der Waals surface area contributed by atoms with E-state index in [-0.39, 0.29) is 5.69 Å². The molecule has 1 amide bonds. The smallest absolute Gasteiger partial charge is 0.277 e. The molecule has 26 heavy (non-hydrogen) atoms. The van der Waals surface area contributed by atoms with Crippen molar-refractivity contribution in [3.05, 3.63) is 63.5 Å². The second-order valence-electron chi connectivity index (χ2n) is 5.49. The Morgan fingerprint density at radius 2 is 1.96 bits per heavy atom. The molecule has 0 atom stereocenters. The molecule has 1 aromatic carbocycles. The fourth-order valence-electron chi connectivity index (χ4n) is 2.20. The van der Waals surface area contributed by atoms with Gasteiger partial charge in [-0.3, -0.25) is 4.79 Å². The van der Waals surface area contributed by atoms with E-state index in [1.54, 1.807) is 37.3 Å². The number of nitrogens with zero attached hydrogens (tertiary/aromatic N) is 3. The predicted octanol–water partition coefficient (Wildman–Crippen LogP) is 3.99. The molecule has 9 heteroatoms. The van der Waals surface area contributed by atoms with E-state index in [1.807, 2.05) is 6.07 Å². The standard InChI is InChI=1S/C17H15Cl2N5O2/c1-10-8-16(24-26-10)21-17(25)14-4-5-15(23-22-14)20-7-6-11-2-3-12(18)9-13(11)19/h2-5,8-9H,6-7H2,1H3,(H,20,23)(H,21,24,25). The average molecular weight is 392 g/mol. The van der Waals surface area contributed by atoms with Crippen LogP contribution in [0, 0.1) is 6.92 Å². The molecule has 0 unspecified atom stereocenters. The molecule has 0 spiro atoms. The van der Waals surface area contributed by atoms with Gasteiger partial charge in [0.25, 0.3) is 5.91 Å². The third-order valence-corrected chi connectivity index (χ3v) is 4.07. The number of nitrogens with one attached hydrogen (secondary N) is 2. The second-order valence-corrected chi connectivity index (χ2v) is 6.34. The van der Waals surface area contributed by atoms with Crippen molar-refractivity contribution >= 4 is 40.7 Å². The molecule has 2 heterocycles. The van der Waals surface area contributed by atoms with Gasteiger partial charge in [-0.2, -0.15) is 0 Å². The first-order valence-electron chi connectivity index (χ1n) is 7.77. The molecule has 3 rings (SSSR count). The summed E-state index contributed by atoms with van der Waals surface area (Å²) in [5.41, 5.74) is 1.16. The molecule has 0 saturated carbocycles. The van der Waals surface area contributed by atoms with E-state index in [2.05, 4.69) is 26.0 Å². The summed E-state index contributed by atoms with van der Waals surface area (Å²) in [5.74, 6) is 1.08. The second kappa shape index (κ2) is 8.16. The van der Waals surface area contributed by atoms with Crippen molar-refractivity contribution in [2.45, 2.75) is 13.3 Å². The molecule has 2 N–H and O–H groups in total. The fraction of sp³-hybridized carbons (Fsp3) is 0.176. The summed E-state index contributed by atoms with van der Waals surface area (Å²) in [7, 11) is 0. The number of aromatic nitrogens is 3. The maximum atomic E-state index is 12.1. The minimum atomic E-state index is -0.412. The molecule has 3 aromatic rings. The number of benzene rings is 1. The SMILES string of the molecule is Cc1cc(NC(=O)c2ccc(NCCc3ccc(Cl)cc3Cl)nn2)no1. The van der Waals surface area contributed by atoms with E-state index < -0.39 is 5.91 Å². The van der Waals surface area contributed by atoms with E-state index in [0.29, 0.717) is 40.4 Å². The lowest BCUT2D eigenvalue weighted by Crippen LogP contribution is -2.15. The average Bonchev–Trinajstić information content (AvgIpc) is 3.02. The number of carbonyl (C=O) groups excluding carboxylic acids is 1. The lowest BCUT2D eigenvalue weighted by molar-refractivity contribution is 0.102. The number of hydrogen-bond donors (Lipinski definition) is 2. The summed E-state index contributed by atoms with van der Waals surface area (Å²) in [6.45, 7) is 2.35. The highest BCUT2D eigenvalue weighted by molar-refractivity contribution is 6.35. The maximum Gasteiger partial charge on any atom is 0.277 e. The molecule has 0 radical (unpaired) electrons. The zero-order chi connectivity index (χ0) is 18.5. The van der Waals surface area contributed by atoms with Gasteiger partial charge >= 0.3 is 0 Å². The fourth-order valence-corrected chi connectivity index (χ4v) is 2.71. The van der Waals surface area contributed by atoms with Gasteiger partial charge in [0.05, 0.1) is 0 Å². The van der Waals surface area contributed by atoms with Gasteiger partial charge < -0.3 is 15.2 Å². The first kappa shape index (κ1) is 18.2. The number of amides is 1. The normalized spacial score (nSPS) is 10.6. The number of aryl methyl sites for hydroxylation is 1. The van der Waals surface area contributed by atoms with Crippen LogP contribution >= 0.6 is 23.2 Å². The van der Waals surface area contributed by atoms with Crippen molar-refractivity contribution in [1.82, 2.24) is 15.4 Å². The van der Waals surface area contributed by atoms with E-state index >= 15 is 0 Å². The van der Waals surface area contributed by atoms with Crippen LogP contribution < -0.4 is 10.6 Å². The summed E-state index contributed by atoms with van der Waals surface area (Å²) >= 11 is 12.0. The molecule has 7 nitrogen and oxygen atoms in total. The highest BCUT2D eigenvalue weighted by atomic mass is 35.5. The van der Waals surface area contributed by atoms with Crippen molar-refractivity contribution in [2.24, 2.45) is 0 Å². The van der Waals surface area contributed by atoms with Gasteiger partial charge in [0.1, 0.15) is 11.6 Å². The van der Waals surface area contributed by atoms with Gasteiger partial charge in [-0.15, -0.1) is 10.2 Å². The summed E-state index contributed by atoms with van der Waals surface area (Å²) in [5, 5.41) is 18.5. The molecular weight excluding hydrogens is 377 g/mol. The number of hydrogen-bond acceptors (Lipinski definition) is 6. The molecule has 0 bridgehead atoms. The maximum absolute atomic E-state index is 12.1. The third kappa shape index (κ3) is 4.71. The van der Waals surface area contributed by atoms with Crippen LogP contribution in [0.5, 0.6) is 0 Å². The van der Waals surface area contributed by atoms with E-state index in [9.17, 15) is 4.79 Å². The Balaban J connectivity index is 1.53.